The molecule has 0 unspecified atom stereocenters. The SMILES string of the molecule is CCOc1ccc(S(=O)(=O)[N+]2=C(c3ccccc3)NCC2)c(C)c1C. The van der Waals surface area contributed by atoms with E-state index in [0.29, 0.717) is 30.4 Å². The Morgan fingerprint density at radius 1 is 1.08 bits per heavy atom. The maximum absolute atomic E-state index is 13.3. The van der Waals surface area contributed by atoms with Gasteiger partial charge in [-0.05, 0) is 56.2 Å². The summed E-state index contributed by atoms with van der Waals surface area (Å²) in [5.41, 5.74) is 2.45. The molecule has 1 N–H and O–H groups in total. The van der Waals surface area contributed by atoms with Crippen LogP contribution in [0, 0.1) is 13.8 Å². The second-order valence-corrected chi connectivity index (χ2v) is 7.79. The largest absolute Gasteiger partial charge is 0.494 e. The van der Waals surface area contributed by atoms with Gasteiger partial charge in [0.15, 0.2) is 0 Å². The Morgan fingerprint density at radius 3 is 2.48 bits per heavy atom. The maximum atomic E-state index is 13.3. The zero-order chi connectivity index (χ0) is 18.0. The van der Waals surface area contributed by atoms with E-state index in [2.05, 4.69) is 5.32 Å². The van der Waals surface area contributed by atoms with Gasteiger partial charge in [-0.15, -0.1) is 3.98 Å². The Kier molecular flexibility index (Phi) is 4.81. The number of rotatable bonds is 5. The molecule has 0 aromatic heterocycles. The smallest absolute Gasteiger partial charge is 0.331 e. The van der Waals surface area contributed by atoms with Gasteiger partial charge in [-0.3, -0.25) is 5.32 Å². The molecular weight excluding hydrogens is 336 g/mol. The molecule has 0 amide bonds. The third-order valence-electron chi connectivity index (χ3n) is 4.46. The predicted molar refractivity (Wildman–Crippen MR) is 98.0 cm³/mol. The summed E-state index contributed by atoms with van der Waals surface area (Å²) in [7, 11) is -3.64. The average Bonchev–Trinajstić information content (AvgIpc) is 3.10. The van der Waals surface area contributed by atoms with Gasteiger partial charge >= 0.3 is 10.0 Å². The summed E-state index contributed by atoms with van der Waals surface area (Å²) in [5, 5.41) is 3.20. The lowest BCUT2D eigenvalue weighted by Crippen LogP contribution is -2.28. The van der Waals surface area contributed by atoms with Crippen molar-refractivity contribution in [3.05, 3.63) is 59.2 Å². The third kappa shape index (κ3) is 3.14. The molecule has 5 nitrogen and oxygen atoms in total. The molecule has 6 heteroatoms. The Labute approximate surface area is 149 Å². The minimum Gasteiger partial charge on any atom is -0.494 e. The lowest BCUT2D eigenvalue weighted by Gasteiger charge is -2.14. The van der Waals surface area contributed by atoms with E-state index >= 15 is 0 Å². The number of nitrogens with zero attached hydrogens (tertiary/aromatic N) is 1. The minimum atomic E-state index is -3.64. The first-order valence-electron chi connectivity index (χ1n) is 8.38. The molecule has 3 rings (SSSR count). The van der Waals surface area contributed by atoms with Gasteiger partial charge in [-0.1, -0.05) is 18.2 Å². The number of hydrogen-bond acceptors (Lipinski definition) is 4. The summed E-state index contributed by atoms with van der Waals surface area (Å²) in [6.45, 7) is 7.20. The Balaban J connectivity index is 2.12. The van der Waals surface area contributed by atoms with Crippen LogP contribution in [0.25, 0.3) is 0 Å². The first-order chi connectivity index (χ1) is 12.0. The standard InChI is InChI=1S/C19H22N2O3S/c1-4-24-17-10-11-18(15(3)14(17)2)25(22,23)21-13-12-20-19(21)16-8-6-5-7-9-16/h5-11H,4,12-13H2,1-3H3/p+1. The number of benzene rings is 2. The highest BCUT2D eigenvalue weighted by atomic mass is 32.2. The molecular formula is C19H23N2O3S+. The molecule has 0 saturated heterocycles. The van der Waals surface area contributed by atoms with Gasteiger partial charge in [-0.25, -0.2) is 0 Å². The Morgan fingerprint density at radius 2 is 1.80 bits per heavy atom. The summed E-state index contributed by atoms with van der Waals surface area (Å²) in [6, 6.07) is 12.9. The molecule has 132 valence electrons. The molecule has 1 aliphatic rings. The zero-order valence-electron chi connectivity index (χ0n) is 14.7. The topological polar surface area (TPSA) is 58.4 Å². The molecule has 0 aliphatic carbocycles. The molecule has 2 aromatic rings. The van der Waals surface area contributed by atoms with Gasteiger partial charge < -0.3 is 4.74 Å². The molecule has 2 aromatic carbocycles. The van der Waals surface area contributed by atoms with Gasteiger partial charge in [0.05, 0.1) is 12.2 Å². The minimum absolute atomic E-state index is 0.325. The highest BCUT2D eigenvalue weighted by Gasteiger charge is 2.35. The van der Waals surface area contributed by atoms with Crippen molar-refractivity contribution in [3.8, 4) is 5.75 Å². The maximum Gasteiger partial charge on any atom is 0.331 e. The van der Waals surface area contributed by atoms with Crippen LogP contribution in [-0.4, -0.2) is 37.9 Å². The monoisotopic (exact) mass is 359 g/mol. The van der Waals surface area contributed by atoms with Crippen LogP contribution < -0.4 is 10.1 Å². The number of sulfonamides is 1. The van der Waals surface area contributed by atoms with Crippen molar-refractivity contribution in [2.75, 3.05) is 19.7 Å². The lowest BCUT2D eigenvalue weighted by atomic mass is 10.1. The fourth-order valence-corrected chi connectivity index (χ4v) is 4.80. The molecule has 25 heavy (non-hydrogen) atoms. The van der Waals surface area contributed by atoms with E-state index in [1.165, 1.54) is 3.98 Å². The second kappa shape index (κ2) is 6.88. The van der Waals surface area contributed by atoms with Crippen molar-refractivity contribution >= 4 is 15.9 Å². The van der Waals surface area contributed by atoms with Crippen molar-refractivity contribution in [1.29, 1.82) is 0 Å². The third-order valence-corrected chi connectivity index (χ3v) is 6.40. The molecule has 1 heterocycles. The van der Waals surface area contributed by atoms with Crippen LogP contribution in [0.15, 0.2) is 47.4 Å². The molecule has 0 atom stereocenters. The second-order valence-electron chi connectivity index (χ2n) is 5.96. The van der Waals surface area contributed by atoms with Gasteiger partial charge in [0.1, 0.15) is 23.7 Å². The molecule has 1 aliphatic heterocycles. The quantitative estimate of drug-likeness (QED) is 0.833. The van der Waals surface area contributed by atoms with E-state index in [9.17, 15) is 8.42 Å². The molecule has 0 radical (unpaired) electrons. The van der Waals surface area contributed by atoms with Crippen molar-refractivity contribution in [3.63, 3.8) is 0 Å². The fraction of sp³-hybridized carbons (Fsp3) is 0.316. The Bertz CT molecular complexity index is 919. The van der Waals surface area contributed by atoms with Gasteiger partial charge in [0, 0.05) is 0 Å². The first-order valence-corrected chi connectivity index (χ1v) is 9.82. The number of nitrogens with one attached hydrogen (secondary N) is 1. The van der Waals surface area contributed by atoms with Crippen molar-refractivity contribution in [2.24, 2.45) is 0 Å². The fourth-order valence-electron chi connectivity index (χ4n) is 3.04. The molecule has 0 spiro atoms. The molecule has 0 bridgehead atoms. The van der Waals surface area contributed by atoms with Crippen LogP contribution >= 0.6 is 0 Å². The predicted octanol–water partition coefficient (Wildman–Crippen LogP) is 2.45. The van der Waals surface area contributed by atoms with Crippen LogP contribution in [0.3, 0.4) is 0 Å². The summed E-state index contributed by atoms with van der Waals surface area (Å²) in [6.07, 6.45) is 0. The zero-order valence-corrected chi connectivity index (χ0v) is 15.6. The summed E-state index contributed by atoms with van der Waals surface area (Å²) < 4.78 is 33.6. The molecule has 0 fully saturated rings. The average molecular weight is 359 g/mol. The summed E-state index contributed by atoms with van der Waals surface area (Å²) in [4.78, 5) is 0.325. The number of hydrogen-bond donors (Lipinski definition) is 1. The Hall–Kier alpha value is -2.34. The van der Waals surface area contributed by atoms with Gasteiger partial charge in [0.25, 0.3) is 5.84 Å². The van der Waals surface area contributed by atoms with Crippen molar-refractivity contribution in [2.45, 2.75) is 25.7 Å². The van der Waals surface area contributed by atoms with E-state index in [1.807, 2.05) is 51.1 Å². The number of amidine groups is 1. The summed E-state index contributed by atoms with van der Waals surface area (Å²) >= 11 is 0. The van der Waals surface area contributed by atoms with Crippen LogP contribution in [0.4, 0.5) is 0 Å². The van der Waals surface area contributed by atoms with Gasteiger partial charge in [-0.2, -0.15) is 8.42 Å². The van der Waals surface area contributed by atoms with Crippen LogP contribution in [0.5, 0.6) is 5.75 Å². The van der Waals surface area contributed by atoms with E-state index in [-0.39, 0.29) is 0 Å². The van der Waals surface area contributed by atoms with Crippen molar-refractivity contribution in [1.82, 2.24) is 5.32 Å². The van der Waals surface area contributed by atoms with Crippen LogP contribution in [0.1, 0.15) is 23.6 Å². The highest BCUT2D eigenvalue weighted by molar-refractivity contribution is 7.85. The van der Waals surface area contributed by atoms with Crippen LogP contribution in [0.2, 0.25) is 0 Å². The van der Waals surface area contributed by atoms with Crippen LogP contribution in [-0.2, 0) is 10.0 Å². The first kappa shape index (κ1) is 17.5. The van der Waals surface area contributed by atoms with Gasteiger partial charge in [0.2, 0.25) is 0 Å². The van der Waals surface area contributed by atoms with E-state index < -0.39 is 10.0 Å². The van der Waals surface area contributed by atoms with E-state index in [0.717, 1.165) is 22.4 Å². The lowest BCUT2D eigenvalue weighted by molar-refractivity contribution is -0.352. The normalized spacial score (nSPS) is 14.5. The van der Waals surface area contributed by atoms with E-state index in [4.69, 9.17) is 4.74 Å². The summed E-state index contributed by atoms with van der Waals surface area (Å²) in [5.74, 6) is 1.36. The van der Waals surface area contributed by atoms with E-state index in [1.54, 1.807) is 12.1 Å². The number of ether oxygens (including phenoxy) is 1. The molecule has 0 saturated carbocycles. The highest BCUT2D eigenvalue weighted by Crippen LogP contribution is 2.28. The van der Waals surface area contributed by atoms with Crippen molar-refractivity contribution < 1.29 is 17.1 Å².